The highest BCUT2D eigenvalue weighted by Crippen LogP contribution is 2.47. The van der Waals surface area contributed by atoms with Gasteiger partial charge in [0.2, 0.25) is 0 Å². The number of hydrogen-bond donors (Lipinski definition) is 0. The molecule has 2 aliphatic heterocycles. The van der Waals surface area contributed by atoms with Gasteiger partial charge in [0.25, 0.3) is 0 Å². The van der Waals surface area contributed by atoms with Crippen LogP contribution in [0.15, 0.2) is 58.3 Å². The number of benzene rings is 2. The van der Waals surface area contributed by atoms with Crippen LogP contribution in [0.4, 0.5) is 11.4 Å². The lowest BCUT2D eigenvalue weighted by Crippen LogP contribution is -2.38. The minimum atomic E-state index is 0.881. The Kier molecular flexibility index (Phi) is 4.55. The van der Waals surface area contributed by atoms with E-state index in [4.69, 9.17) is 4.74 Å². The van der Waals surface area contributed by atoms with E-state index in [2.05, 4.69) is 58.3 Å². The fourth-order valence-electron chi connectivity index (χ4n) is 3.30. The number of fused-ring (bicyclic) bond motifs is 2. The number of rotatable bonds is 4. The van der Waals surface area contributed by atoms with Crippen LogP contribution >= 0.6 is 11.8 Å². The first-order chi connectivity index (χ1) is 11.4. The maximum absolute atomic E-state index is 5.43. The van der Waals surface area contributed by atoms with Gasteiger partial charge in [-0.1, -0.05) is 36.0 Å². The summed E-state index contributed by atoms with van der Waals surface area (Å²) in [4.78, 5) is 7.72. The van der Waals surface area contributed by atoms with E-state index >= 15 is 0 Å². The summed E-state index contributed by atoms with van der Waals surface area (Å²) in [6.07, 6.45) is 1.17. The smallest absolute Gasteiger partial charge is 0.0594 e. The SMILES string of the molecule is c1ccc2c(c1)Sc1ccccc1N2CCCN1CCOCC1. The highest BCUT2D eigenvalue weighted by Gasteiger charge is 2.22. The fraction of sp³-hybridized carbons (Fsp3) is 0.368. The highest BCUT2D eigenvalue weighted by atomic mass is 32.2. The van der Waals surface area contributed by atoms with Crippen molar-refractivity contribution in [3.05, 3.63) is 48.5 Å². The molecular formula is C19H22N2OS. The Labute approximate surface area is 142 Å². The van der Waals surface area contributed by atoms with Gasteiger partial charge in [-0.2, -0.15) is 0 Å². The summed E-state index contributed by atoms with van der Waals surface area (Å²) in [5.41, 5.74) is 2.69. The van der Waals surface area contributed by atoms with Crippen molar-refractivity contribution in [1.29, 1.82) is 0 Å². The van der Waals surface area contributed by atoms with Crippen molar-refractivity contribution in [1.82, 2.24) is 4.90 Å². The lowest BCUT2D eigenvalue weighted by molar-refractivity contribution is 0.0377. The van der Waals surface area contributed by atoms with Gasteiger partial charge in [0, 0.05) is 36.0 Å². The van der Waals surface area contributed by atoms with Crippen molar-refractivity contribution < 1.29 is 4.74 Å². The van der Waals surface area contributed by atoms with Gasteiger partial charge in [-0.25, -0.2) is 0 Å². The topological polar surface area (TPSA) is 15.7 Å². The molecule has 4 heteroatoms. The van der Waals surface area contributed by atoms with Crippen molar-refractivity contribution >= 4 is 23.1 Å². The van der Waals surface area contributed by atoms with E-state index in [1.165, 1.54) is 27.6 Å². The molecule has 2 heterocycles. The van der Waals surface area contributed by atoms with Crippen LogP contribution in [0.2, 0.25) is 0 Å². The number of nitrogens with zero attached hydrogens (tertiary/aromatic N) is 2. The van der Waals surface area contributed by atoms with Crippen LogP contribution in [0.25, 0.3) is 0 Å². The van der Waals surface area contributed by atoms with Gasteiger partial charge in [0.1, 0.15) is 0 Å². The predicted octanol–water partition coefficient (Wildman–Crippen LogP) is 4.01. The van der Waals surface area contributed by atoms with E-state index in [-0.39, 0.29) is 0 Å². The van der Waals surface area contributed by atoms with Crippen LogP contribution in [0.5, 0.6) is 0 Å². The van der Waals surface area contributed by atoms with Gasteiger partial charge < -0.3 is 9.64 Å². The molecule has 4 rings (SSSR count). The van der Waals surface area contributed by atoms with E-state index in [1.807, 2.05) is 11.8 Å². The van der Waals surface area contributed by atoms with Gasteiger partial charge in [-0.15, -0.1) is 0 Å². The second kappa shape index (κ2) is 6.95. The summed E-state index contributed by atoms with van der Waals surface area (Å²) in [5.74, 6) is 0. The maximum Gasteiger partial charge on any atom is 0.0594 e. The highest BCUT2D eigenvalue weighted by molar-refractivity contribution is 7.99. The van der Waals surface area contributed by atoms with Crippen LogP contribution in [-0.4, -0.2) is 44.3 Å². The Morgan fingerprint density at radius 1 is 0.826 bits per heavy atom. The first-order valence-corrected chi connectivity index (χ1v) is 9.17. The Bertz CT molecular complexity index is 624. The number of anilines is 2. The summed E-state index contributed by atoms with van der Waals surface area (Å²) in [5, 5.41) is 0. The van der Waals surface area contributed by atoms with Gasteiger partial charge in [0.05, 0.1) is 24.6 Å². The monoisotopic (exact) mass is 326 g/mol. The van der Waals surface area contributed by atoms with Crippen molar-refractivity contribution in [3.63, 3.8) is 0 Å². The zero-order valence-corrected chi connectivity index (χ0v) is 14.1. The summed E-state index contributed by atoms with van der Waals surface area (Å²) in [7, 11) is 0. The lowest BCUT2D eigenvalue weighted by Gasteiger charge is -2.34. The third-order valence-corrected chi connectivity index (χ3v) is 5.62. The molecule has 23 heavy (non-hydrogen) atoms. The Balaban J connectivity index is 1.50. The maximum atomic E-state index is 5.43. The first-order valence-electron chi connectivity index (χ1n) is 8.35. The standard InChI is InChI=1S/C19H22N2OS/c1-3-8-18-16(6-1)21(17-7-2-4-9-19(17)23-18)11-5-10-20-12-14-22-15-13-20/h1-4,6-9H,5,10-15H2. The number of para-hydroxylation sites is 2. The molecule has 1 fully saturated rings. The third-order valence-electron chi connectivity index (χ3n) is 4.49. The molecule has 0 N–H and O–H groups in total. The average molecular weight is 326 g/mol. The number of morpholine rings is 1. The van der Waals surface area contributed by atoms with Crippen LogP contribution < -0.4 is 4.90 Å². The predicted molar refractivity (Wildman–Crippen MR) is 95.9 cm³/mol. The molecule has 0 bridgehead atoms. The van der Waals surface area contributed by atoms with E-state index in [0.717, 1.165) is 39.4 Å². The number of hydrogen-bond acceptors (Lipinski definition) is 4. The molecule has 0 atom stereocenters. The largest absolute Gasteiger partial charge is 0.379 e. The zero-order valence-electron chi connectivity index (χ0n) is 13.3. The summed E-state index contributed by atoms with van der Waals surface area (Å²) in [6.45, 7) is 6.12. The van der Waals surface area contributed by atoms with Crippen LogP contribution in [-0.2, 0) is 4.74 Å². The molecule has 0 unspecified atom stereocenters. The molecule has 2 aromatic carbocycles. The second-order valence-electron chi connectivity index (χ2n) is 6.00. The van der Waals surface area contributed by atoms with Crippen LogP contribution in [0, 0.1) is 0 Å². The van der Waals surface area contributed by atoms with Gasteiger partial charge in [-0.05, 0) is 30.7 Å². The summed E-state index contributed by atoms with van der Waals surface area (Å²) in [6, 6.07) is 17.5. The Morgan fingerprint density at radius 3 is 2.09 bits per heavy atom. The first kappa shape index (κ1) is 15.1. The molecule has 0 aliphatic carbocycles. The number of ether oxygens (including phenoxy) is 1. The normalized spacial score (nSPS) is 17.7. The molecule has 3 nitrogen and oxygen atoms in total. The molecule has 1 saturated heterocycles. The lowest BCUT2D eigenvalue weighted by atomic mass is 10.2. The molecule has 0 saturated carbocycles. The van der Waals surface area contributed by atoms with Crippen molar-refractivity contribution in [2.24, 2.45) is 0 Å². The summed E-state index contributed by atoms with van der Waals surface area (Å²) >= 11 is 1.88. The van der Waals surface area contributed by atoms with Gasteiger partial charge >= 0.3 is 0 Å². The minimum absolute atomic E-state index is 0.881. The Morgan fingerprint density at radius 2 is 1.43 bits per heavy atom. The molecular weight excluding hydrogens is 304 g/mol. The van der Waals surface area contributed by atoms with Gasteiger partial charge in [0.15, 0.2) is 0 Å². The molecule has 0 spiro atoms. The van der Waals surface area contributed by atoms with Crippen LogP contribution in [0.3, 0.4) is 0 Å². The molecule has 120 valence electrons. The fourth-order valence-corrected chi connectivity index (χ4v) is 4.40. The molecule has 2 aliphatic rings. The van der Waals surface area contributed by atoms with Crippen molar-refractivity contribution in [3.8, 4) is 0 Å². The van der Waals surface area contributed by atoms with Gasteiger partial charge in [-0.3, -0.25) is 4.90 Å². The van der Waals surface area contributed by atoms with Crippen LogP contribution in [0.1, 0.15) is 6.42 Å². The molecule has 2 aromatic rings. The van der Waals surface area contributed by atoms with E-state index in [0.29, 0.717) is 0 Å². The van der Waals surface area contributed by atoms with E-state index in [9.17, 15) is 0 Å². The Hall–Kier alpha value is -1.49. The third kappa shape index (κ3) is 3.25. The quantitative estimate of drug-likeness (QED) is 0.843. The average Bonchev–Trinajstić information content (AvgIpc) is 2.62. The molecule has 0 aromatic heterocycles. The molecule has 0 radical (unpaired) electrons. The zero-order chi connectivity index (χ0) is 15.5. The second-order valence-corrected chi connectivity index (χ2v) is 7.08. The molecule has 0 amide bonds. The summed E-state index contributed by atoms with van der Waals surface area (Å²) < 4.78 is 5.43. The van der Waals surface area contributed by atoms with E-state index < -0.39 is 0 Å². The van der Waals surface area contributed by atoms with Crippen molar-refractivity contribution in [2.75, 3.05) is 44.3 Å². The van der Waals surface area contributed by atoms with Crippen molar-refractivity contribution in [2.45, 2.75) is 16.2 Å². The van der Waals surface area contributed by atoms with E-state index in [1.54, 1.807) is 0 Å². The minimum Gasteiger partial charge on any atom is -0.379 e.